The Morgan fingerprint density at radius 2 is 1.73 bits per heavy atom. The number of hydrogen-bond donors (Lipinski definition) is 1. The van der Waals surface area contributed by atoms with Gasteiger partial charge in [0.1, 0.15) is 16.9 Å². The second-order valence-electron chi connectivity index (χ2n) is 7.59. The Labute approximate surface area is 174 Å². The lowest BCUT2D eigenvalue weighted by Gasteiger charge is -2.12. The van der Waals surface area contributed by atoms with Crippen LogP contribution in [0.3, 0.4) is 0 Å². The molecule has 1 unspecified atom stereocenters. The molecule has 3 rings (SSSR count). The summed E-state index contributed by atoms with van der Waals surface area (Å²) in [5.41, 5.74) is 2.70. The van der Waals surface area contributed by atoms with Crippen LogP contribution >= 0.6 is 0 Å². The van der Waals surface area contributed by atoms with E-state index in [-0.39, 0.29) is 22.9 Å². The van der Waals surface area contributed by atoms with Crippen LogP contribution < -0.4 is 15.7 Å². The summed E-state index contributed by atoms with van der Waals surface area (Å²) < 4.78 is 10.8. The van der Waals surface area contributed by atoms with Gasteiger partial charge >= 0.3 is 11.6 Å². The lowest BCUT2D eigenvalue weighted by atomic mass is 10.00. The van der Waals surface area contributed by atoms with Gasteiger partial charge in [-0.25, -0.2) is 9.59 Å². The van der Waals surface area contributed by atoms with E-state index in [0.717, 1.165) is 23.1 Å². The van der Waals surface area contributed by atoms with Crippen LogP contribution in [0, 0.1) is 20.8 Å². The van der Waals surface area contributed by atoms with E-state index in [1.807, 2.05) is 46.8 Å². The van der Waals surface area contributed by atoms with Crippen molar-refractivity contribution in [2.24, 2.45) is 0 Å². The normalized spacial score (nSPS) is 11.9. The number of carbonyl (C=O) groups is 2. The number of rotatable bonds is 5. The average Bonchev–Trinajstić information content (AvgIpc) is 2.66. The van der Waals surface area contributed by atoms with Gasteiger partial charge in [-0.1, -0.05) is 24.6 Å². The highest BCUT2D eigenvalue weighted by atomic mass is 16.5. The number of esters is 1. The quantitative estimate of drug-likeness (QED) is 0.383. The van der Waals surface area contributed by atoms with E-state index in [2.05, 4.69) is 5.32 Å². The molecule has 0 aliphatic carbocycles. The maximum Gasteiger partial charge on any atom is 0.349 e. The highest BCUT2D eigenvalue weighted by molar-refractivity contribution is 5.97. The van der Waals surface area contributed by atoms with Crippen molar-refractivity contribution in [3.8, 4) is 5.75 Å². The van der Waals surface area contributed by atoms with Crippen molar-refractivity contribution in [3.05, 3.63) is 74.6 Å². The molecule has 1 amide bonds. The monoisotopic (exact) mass is 407 g/mol. The Morgan fingerprint density at radius 1 is 1.07 bits per heavy atom. The molecule has 0 saturated carbocycles. The molecular formula is C24H25NO5. The molecule has 0 saturated heterocycles. The molecule has 0 spiro atoms. The first-order valence-corrected chi connectivity index (χ1v) is 9.88. The van der Waals surface area contributed by atoms with Crippen molar-refractivity contribution in [3.63, 3.8) is 0 Å². The van der Waals surface area contributed by atoms with Gasteiger partial charge in [-0.2, -0.15) is 0 Å². The molecule has 30 heavy (non-hydrogen) atoms. The molecule has 0 fully saturated rings. The SMILES string of the molecule is CCC(C)NC(=O)c1cc2ccc(OC(=O)c3c(C)cc(C)cc3C)cc2oc1=O. The second-order valence-corrected chi connectivity index (χ2v) is 7.59. The maximum absolute atomic E-state index is 12.7. The summed E-state index contributed by atoms with van der Waals surface area (Å²) in [5.74, 6) is -0.691. The standard InChI is InChI=1S/C24H25NO5/c1-6-16(5)25-22(26)19-11-17-7-8-18(12-20(17)30-23(19)27)29-24(28)21-14(3)9-13(2)10-15(21)4/h7-12,16H,6H2,1-5H3,(H,25,26). The number of benzene rings is 2. The number of hydrogen-bond acceptors (Lipinski definition) is 5. The van der Waals surface area contributed by atoms with Gasteiger partial charge in [0.2, 0.25) is 0 Å². The van der Waals surface area contributed by atoms with Gasteiger partial charge < -0.3 is 14.5 Å². The van der Waals surface area contributed by atoms with Crippen LogP contribution in [0.15, 0.2) is 45.6 Å². The summed E-state index contributed by atoms with van der Waals surface area (Å²) >= 11 is 0. The number of nitrogens with one attached hydrogen (secondary N) is 1. The minimum Gasteiger partial charge on any atom is -0.423 e. The molecule has 1 heterocycles. The van der Waals surface area contributed by atoms with Crippen molar-refractivity contribution < 1.29 is 18.7 Å². The number of carbonyl (C=O) groups excluding carboxylic acids is 2. The van der Waals surface area contributed by atoms with Crippen LogP contribution in [-0.4, -0.2) is 17.9 Å². The van der Waals surface area contributed by atoms with Gasteiger partial charge in [-0.05, 0) is 63.4 Å². The number of amides is 1. The van der Waals surface area contributed by atoms with E-state index in [0.29, 0.717) is 10.9 Å². The zero-order chi connectivity index (χ0) is 22.0. The van der Waals surface area contributed by atoms with Crippen LogP contribution in [0.5, 0.6) is 5.75 Å². The lowest BCUT2D eigenvalue weighted by molar-refractivity contribution is 0.0733. The molecule has 0 aliphatic heterocycles. The number of fused-ring (bicyclic) bond motifs is 1. The second kappa shape index (κ2) is 8.53. The Morgan fingerprint density at radius 3 is 2.37 bits per heavy atom. The van der Waals surface area contributed by atoms with Crippen LogP contribution in [0.2, 0.25) is 0 Å². The summed E-state index contributed by atoms with van der Waals surface area (Å²) in [6.45, 7) is 9.50. The highest BCUT2D eigenvalue weighted by Gasteiger charge is 2.18. The predicted molar refractivity (Wildman–Crippen MR) is 115 cm³/mol. The summed E-state index contributed by atoms with van der Waals surface area (Å²) in [5, 5.41) is 3.31. The lowest BCUT2D eigenvalue weighted by Crippen LogP contribution is -2.34. The fourth-order valence-electron chi connectivity index (χ4n) is 3.38. The Hall–Kier alpha value is -3.41. The smallest absolute Gasteiger partial charge is 0.349 e. The molecular weight excluding hydrogens is 382 g/mol. The molecule has 1 atom stereocenters. The Balaban J connectivity index is 1.89. The van der Waals surface area contributed by atoms with Gasteiger partial charge in [0.25, 0.3) is 5.91 Å². The first-order valence-electron chi connectivity index (χ1n) is 9.88. The van der Waals surface area contributed by atoms with E-state index >= 15 is 0 Å². The summed E-state index contributed by atoms with van der Waals surface area (Å²) in [4.78, 5) is 37.3. The van der Waals surface area contributed by atoms with Crippen LogP contribution in [0.4, 0.5) is 0 Å². The van der Waals surface area contributed by atoms with Crippen LogP contribution in [0.25, 0.3) is 11.0 Å². The molecule has 3 aromatic rings. The van der Waals surface area contributed by atoms with Gasteiger partial charge in [0.05, 0.1) is 5.56 Å². The van der Waals surface area contributed by atoms with E-state index < -0.39 is 17.5 Å². The fraction of sp³-hybridized carbons (Fsp3) is 0.292. The van der Waals surface area contributed by atoms with Gasteiger partial charge in [-0.15, -0.1) is 0 Å². The zero-order valence-electron chi connectivity index (χ0n) is 17.8. The predicted octanol–water partition coefficient (Wildman–Crippen LogP) is 4.47. The Bertz CT molecular complexity index is 1170. The van der Waals surface area contributed by atoms with Gasteiger partial charge in [-0.3, -0.25) is 4.79 Å². The van der Waals surface area contributed by atoms with Crippen molar-refractivity contribution in [1.29, 1.82) is 0 Å². The molecule has 6 nitrogen and oxygen atoms in total. The minimum absolute atomic E-state index is 0.0527. The van der Waals surface area contributed by atoms with E-state index in [4.69, 9.17) is 9.15 Å². The van der Waals surface area contributed by atoms with Crippen LogP contribution in [0.1, 0.15) is 57.7 Å². The van der Waals surface area contributed by atoms with Gasteiger partial charge in [0, 0.05) is 17.5 Å². The zero-order valence-corrected chi connectivity index (χ0v) is 17.8. The third kappa shape index (κ3) is 4.43. The summed E-state index contributed by atoms with van der Waals surface area (Å²) in [7, 11) is 0. The first kappa shape index (κ1) is 21.3. The molecule has 1 aromatic heterocycles. The molecule has 1 N–H and O–H groups in total. The summed E-state index contributed by atoms with van der Waals surface area (Å²) in [6, 6.07) is 10.0. The fourth-order valence-corrected chi connectivity index (χ4v) is 3.38. The van der Waals surface area contributed by atoms with E-state index in [1.165, 1.54) is 12.1 Å². The molecule has 0 bridgehead atoms. The molecule has 0 aliphatic rings. The van der Waals surface area contributed by atoms with Crippen molar-refractivity contribution >= 4 is 22.8 Å². The third-order valence-corrected chi connectivity index (χ3v) is 5.03. The molecule has 6 heteroatoms. The van der Waals surface area contributed by atoms with Crippen molar-refractivity contribution in [2.75, 3.05) is 0 Å². The van der Waals surface area contributed by atoms with Crippen LogP contribution in [-0.2, 0) is 0 Å². The van der Waals surface area contributed by atoms with E-state index in [9.17, 15) is 14.4 Å². The molecule has 0 radical (unpaired) electrons. The number of ether oxygens (including phenoxy) is 1. The highest BCUT2D eigenvalue weighted by Crippen LogP contribution is 2.23. The molecule has 156 valence electrons. The number of aryl methyl sites for hydroxylation is 3. The minimum atomic E-state index is -0.739. The largest absolute Gasteiger partial charge is 0.423 e. The third-order valence-electron chi connectivity index (χ3n) is 5.03. The average molecular weight is 407 g/mol. The summed E-state index contributed by atoms with van der Waals surface area (Å²) in [6.07, 6.45) is 0.749. The maximum atomic E-state index is 12.7. The Kier molecular flexibility index (Phi) is 6.06. The van der Waals surface area contributed by atoms with E-state index in [1.54, 1.807) is 12.1 Å². The van der Waals surface area contributed by atoms with Crippen molar-refractivity contribution in [1.82, 2.24) is 5.32 Å². The topological polar surface area (TPSA) is 85.6 Å². The van der Waals surface area contributed by atoms with Gasteiger partial charge in [0.15, 0.2) is 0 Å². The first-order chi connectivity index (χ1) is 14.2. The van der Waals surface area contributed by atoms with Crippen molar-refractivity contribution in [2.45, 2.75) is 47.1 Å². The molecule has 2 aromatic carbocycles.